The number of carbonyl (C=O) groups is 2. The largest absolute Gasteiger partial charge is 0.459 e. The molecule has 144 valence electrons. The standard InChI is InChI=1S/C19H28NO6/c1-5-13-10-12(2)18(3,23)17(22)25-11-14-6-8-20(4)9-7-15(19(14,20)24)26-16(13)21/h5-6,12,15,23-24H,7-11H2,1-4H3/q+1/b13-5-/t12-,15-,18-,19+,20?/m1/s1. The fourth-order valence-corrected chi connectivity index (χ4v) is 4.22. The zero-order chi connectivity index (χ0) is 19.3. The van der Waals surface area contributed by atoms with Gasteiger partial charge in [0.25, 0.3) is 5.72 Å². The molecule has 2 N–H and O–H groups in total. The third-order valence-corrected chi connectivity index (χ3v) is 6.49. The summed E-state index contributed by atoms with van der Waals surface area (Å²) in [4.78, 5) is 25.2. The van der Waals surface area contributed by atoms with Gasteiger partial charge in [-0.05, 0) is 32.3 Å². The molecule has 0 amide bonds. The van der Waals surface area contributed by atoms with Crippen molar-refractivity contribution in [3.8, 4) is 0 Å². The lowest BCUT2D eigenvalue weighted by molar-refractivity contribution is -0.955. The van der Waals surface area contributed by atoms with Crippen LogP contribution in [0.1, 0.15) is 33.6 Å². The van der Waals surface area contributed by atoms with Crippen LogP contribution in [0.25, 0.3) is 0 Å². The molecule has 3 aliphatic heterocycles. The summed E-state index contributed by atoms with van der Waals surface area (Å²) in [6, 6.07) is 0. The Labute approximate surface area is 153 Å². The first-order valence-corrected chi connectivity index (χ1v) is 9.08. The minimum absolute atomic E-state index is 0.128. The van der Waals surface area contributed by atoms with Crippen LogP contribution in [0.2, 0.25) is 0 Å². The van der Waals surface area contributed by atoms with Crippen molar-refractivity contribution in [1.82, 2.24) is 0 Å². The van der Waals surface area contributed by atoms with E-state index in [-0.39, 0.29) is 13.0 Å². The summed E-state index contributed by atoms with van der Waals surface area (Å²) in [5.74, 6) is -1.80. The summed E-state index contributed by atoms with van der Waals surface area (Å²) in [6.07, 6.45) is 3.49. The van der Waals surface area contributed by atoms with Gasteiger partial charge in [-0.1, -0.05) is 13.0 Å². The first-order chi connectivity index (χ1) is 12.1. The highest BCUT2D eigenvalue weighted by atomic mass is 16.6. The van der Waals surface area contributed by atoms with Crippen LogP contribution in [0.4, 0.5) is 0 Å². The number of ether oxygens (including phenoxy) is 2. The van der Waals surface area contributed by atoms with E-state index in [1.807, 2.05) is 13.1 Å². The lowest BCUT2D eigenvalue weighted by atomic mass is 9.85. The van der Waals surface area contributed by atoms with Gasteiger partial charge >= 0.3 is 11.9 Å². The number of rotatable bonds is 0. The van der Waals surface area contributed by atoms with Gasteiger partial charge in [-0.3, -0.25) is 4.48 Å². The highest BCUT2D eigenvalue weighted by Gasteiger charge is 2.65. The quantitative estimate of drug-likeness (QED) is 0.283. The average Bonchev–Trinajstić information content (AvgIpc) is 2.98. The van der Waals surface area contributed by atoms with Crippen LogP contribution in [0.15, 0.2) is 23.3 Å². The van der Waals surface area contributed by atoms with Crippen molar-refractivity contribution in [2.24, 2.45) is 5.92 Å². The molecular formula is C19H28NO6+. The lowest BCUT2D eigenvalue weighted by Crippen LogP contribution is -2.61. The third kappa shape index (κ3) is 2.61. The average molecular weight is 366 g/mol. The topological polar surface area (TPSA) is 93.1 Å². The van der Waals surface area contributed by atoms with Gasteiger partial charge in [0, 0.05) is 12.0 Å². The molecule has 3 aliphatic rings. The number of likely N-dealkylation sites (N-methyl/N-ethyl adjacent to an activating group) is 1. The van der Waals surface area contributed by atoms with Gasteiger partial charge in [-0.2, -0.15) is 0 Å². The van der Waals surface area contributed by atoms with E-state index in [9.17, 15) is 19.8 Å². The fraction of sp³-hybridized carbons (Fsp3) is 0.684. The van der Waals surface area contributed by atoms with Crippen molar-refractivity contribution in [3.05, 3.63) is 23.3 Å². The van der Waals surface area contributed by atoms with E-state index in [2.05, 4.69) is 0 Å². The zero-order valence-electron chi connectivity index (χ0n) is 15.8. The van der Waals surface area contributed by atoms with Crippen molar-refractivity contribution >= 4 is 11.9 Å². The van der Waals surface area contributed by atoms with Crippen molar-refractivity contribution < 1.29 is 33.8 Å². The number of nitrogens with zero attached hydrogens (tertiary/aromatic N) is 1. The van der Waals surface area contributed by atoms with Crippen molar-refractivity contribution in [2.75, 3.05) is 26.7 Å². The zero-order valence-corrected chi connectivity index (χ0v) is 15.8. The Bertz CT molecular complexity index is 696. The van der Waals surface area contributed by atoms with Crippen LogP contribution in [0.5, 0.6) is 0 Å². The molecular weight excluding hydrogens is 338 g/mol. The number of cyclic esters (lactones) is 1. The number of carbonyl (C=O) groups excluding carboxylic acids is 2. The van der Waals surface area contributed by atoms with Crippen LogP contribution >= 0.6 is 0 Å². The van der Waals surface area contributed by atoms with Crippen LogP contribution in [-0.2, 0) is 19.1 Å². The Morgan fingerprint density at radius 1 is 1.35 bits per heavy atom. The molecule has 0 aromatic heterocycles. The summed E-state index contributed by atoms with van der Waals surface area (Å²) in [5, 5.41) is 22.1. The van der Waals surface area contributed by atoms with Gasteiger partial charge < -0.3 is 19.7 Å². The first-order valence-electron chi connectivity index (χ1n) is 9.08. The van der Waals surface area contributed by atoms with Crippen LogP contribution < -0.4 is 0 Å². The predicted molar refractivity (Wildman–Crippen MR) is 92.6 cm³/mol. The molecule has 3 heterocycles. The van der Waals surface area contributed by atoms with Gasteiger partial charge in [0.1, 0.15) is 13.2 Å². The second-order valence-corrected chi connectivity index (χ2v) is 8.08. The SMILES string of the molecule is C/C=C1/C[C@@H](C)[C@@](C)(O)C(=O)OCC2=CC[N+]3(C)CC[C@@H](OC1=O)[C@@]23O. The van der Waals surface area contributed by atoms with Gasteiger partial charge in [-0.15, -0.1) is 0 Å². The highest BCUT2D eigenvalue weighted by Crippen LogP contribution is 2.45. The number of hydrogen-bond acceptors (Lipinski definition) is 6. The molecule has 2 saturated heterocycles. The highest BCUT2D eigenvalue weighted by molar-refractivity contribution is 5.89. The molecule has 2 fully saturated rings. The van der Waals surface area contributed by atoms with Crippen LogP contribution in [0, 0.1) is 5.92 Å². The van der Waals surface area contributed by atoms with E-state index >= 15 is 0 Å². The molecule has 0 spiro atoms. The molecule has 5 atom stereocenters. The van der Waals surface area contributed by atoms with E-state index in [1.165, 1.54) is 6.92 Å². The van der Waals surface area contributed by atoms with E-state index < -0.39 is 35.3 Å². The molecule has 1 unspecified atom stereocenters. The summed E-state index contributed by atoms with van der Waals surface area (Å²) in [7, 11) is 1.90. The molecule has 26 heavy (non-hydrogen) atoms. The summed E-state index contributed by atoms with van der Waals surface area (Å²) < 4.78 is 11.4. The Morgan fingerprint density at radius 3 is 2.69 bits per heavy atom. The summed E-state index contributed by atoms with van der Waals surface area (Å²) in [6.45, 7) is 5.89. The maximum absolute atomic E-state index is 12.7. The van der Waals surface area contributed by atoms with Crippen molar-refractivity contribution in [3.63, 3.8) is 0 Å². The normalized spacial score (nSPS) is 45.3. The molecule has 7 heteroatoms. The molecule has 0 bridgehead atoms. The summed E-state index contributed by atoms with van der Waals surface area (Å²) in [5.41, 5.74) is -2.26. The molecule has 0 aromatic rings. The molecule has 7 nitrogen and oxygen atoms in total. The van der Waals surface area contributed by atoms with Gasteiger partial charge in [0.15, 0.2) is 11.7 Å². The number of hydrogen-bond donors (Lipinski definition) is 2. The second-order valence-electron chi connectivity index (χ2n) is 8.08. The van der Waals surface area contributed by atoms with Crippen LogP contribution in [-0.4, -0.2) is 70.8 Å². The Hall–Kier alpha value is -1.70. The van der Waals surface area contributed by atoms with Gasteiger partial charge in [-0.25, -0.2) is 9.59 Å². The Kier molecular flexibility index (Phi) is 4.53. The second kappa shape index (κ2) is 6.18. The van der Waals surface area contributed by atoms with Crippen molar-refractivity contribution in [2.45, 2.75) is 51.0 Å². The van der Waals surface area contributed by atoms with Gasteiger partial charge in [0.2, 0.25) is 0 Å². The van der Waals surface area contributed by atoms with Gasteiger partial charge in [0.05, 0.1) is 19.2 Å². The minimum atomic E-state index is -1.75. The number of quaternary nitrogens is 1. The Morgan fingerprint density at radius 2 is 2.04 bits per heavy atom. The van der Waals surface area contributed by atoms with Crippen molar-refractivity contribution in [1.29, 1.82) is 0 Å². The first kappa shape index (κ1) is 19.1. The summed E-state index contributed by atoms with van der Waals surface area (Å²) >= 11 is 0. The molecule has 0 aromatic carbocycles. The smallest absolute Gasteiger partial charge is 0.338 e. The predicted octanol–water partition coefficient (Wildman–Crippen LogP) is 0.657. The number of esters is 2. The van der Waals surface area contributed by atoms with Crippen LogP contribution in [0.3, 0.4) is 0 Å². The minimum Gasteiger partial charge on any atom is -0.459 e. The molecule has 0 aliphatic carbocycles. The molecule has 3 rings (SSSR count). The van der Waals surface area contributed by atoms with E-state index in [0.29, 0.717) is 35.1 Å². The number of aliphatic hydroxyl groups is 2. The lowest BCUT2D eigenvalue weighted by Gasteiger charge is -2.40. The fourth-order valence-electron chi connectivity index (χ4n) is 4.22. The van der Waals surface area contributed by atoms with E-state index in [0.717, 1.165) is 0 Å². The maximum atomic E-state index is 12.7. The van der Waals surface area contributed by atoms with E-state index in [4.69, 9.17) is 9.47 Å². The van der Waals surface area contributed by atoms with E-state index in [1.54, 1.807) is 19.9 Å². The number of allylic oxidation sites excluding steroid dienone is 1. The monoisotopic (exact) mass is 366 g/mol. The maximum Gasteiger partial charge on any atom is 0.338 e. The molecule has 0 radical (unpaired) electrons. The third-order valence-electron chi connectivity index (χ3n) is 6.49. The Balaban J connectivity index is 2.01. The molecule has 0 saturated carbocycles.